The van der Waals surface area contributed by atoms with Gasteiger partial charge in [-0.05, 0) is 19.4 Å². The highest BCUT2D eigenvalue weighted by molar-refractivity contribution is 6.00. The van der Waals surface area contributed by atoms with Crippen LogP contribution in [0.3, 0.4) is 0 Å². The van der Waals surface area contributed by atoms with Crippen molar-refractivity contribution in [2.24, 2.45) is 0 Å². The highest BCUT2D eigenvalue weighted by atomic mass is 16.6. The second-order valence-electron chi connectivity index (χ2n) is 5.08. The second kappa shape index (κ2) is 6.09. The molecule has 1 heterocycles. The monoisotopic (exact) mass is 293 g/mol. The molecule has 1 aliphatic rings. The maximum absolute atomic E-state index is 12.6. The Balaban J connectivity index is 2.32. The Kier molecular flexibility index (Phi) is 4.42. The standard InChI is InChI=1S/C14H19N3O4/c1-9-13(6-7-21-9)16(3)14(18)11-8-10(17(19)20)4-5-12(11)15-2/h4-5,8-9,13,15H,6-7H2,1-3H3. The van der Waals surface area contributed by atoms with E-state index in [0.717, 1.165) is 6.42 Å². The van der Waals surface area contributed by atoms with Crippen LogP contribution in [0.25, 0.3) is 0 Å². The maximum Gasteiger partial charge on any atom is 0.270 e. The summed E-state index contributed by atoms with van der Waals surface area (Å²) in [5, 5.41) is 13.8. The van der Waals surface area contributed by atoms with E-state index in [1.807, 2.05) is 6.92 Å². The number of carbonyl (C=O) groups is 1. The molecule has 0 aromatic heterocycles. The number of anilines is 1. The van der Waals surface area contributed by atoms with E-state index in [1.54, 1.807) is 25.1 Å². The lowest BCUT2D eigenvalue weighted by atomic mass is 10.1. The van der Waals surface area contributed by atoms with E-state index >= 15 is 0 Å². The molecule has 0 saturated carbocycles. The van der Waals surface area contributed by atoms with Crippen molar-refractivity contribution in [3.05, 3.63) is 33.9 Å². The zero-order chi connectivity index (χ0) is 15.6. The number of likely N-dealkylation sites (N-methyl/N-ethyl adjacent to an activating group) is 1. The Bertz CT molecular complexity index is 561. The fourth-order valence-electron chi connectivity index (χ4n) is 2.61. The number of nitrogens with zero attached hydrogens (tertiary/aromatic N) is 2. The third-order valence-corrected chi connectivity index (χ3v) is 3.87. The molecule has 1 amide bonds. The zero-order valence-electron chi connectivity index (χ0n) is 12.3. The van der Waals surface area contributed by atoms with E-state index in [0.29, 0.717) is 17.9 Å². The van der Waals surface area contributed by atoms with Gasteiger partial charge in [-0.15, -0.1) is 0 Å². The number of ether oxygens (including phenoxy) is 1. The summed E-state index contributed by atoms with van der Waals surface area (Å²) in [4.78, 5) is 24.6. The smallest absolute Gasteiger partial charge is 0.270 e. The van der Waals surface area contributed by atoms with E-state index < -0.39 is 4.92 Å². The highest BCUT2D eigenvalue weighted by Crippen LogP contribution is 2.26. The molecule has 114 valence electrons. The van der Waals surface area contributed by atoms with Crippen molar-refractivity contribution in [1.82, 2.24) is 4.90 Å². The number of non-ortho nitro benzene ring substituents is 1. The molecule has 7 heteroatoms. The minimum Gasteiger partial charge on any atom is -0.387 e. The Morgan fingerprint density at radius 2 is 2.24 bits per heavy atom. The number of nitro benzene ring substituents is 1. The number of nitro groups is 1. The molecule has 0 aliphatic carbocycles. The minimum absolute atomic E-state index is 0.0125. The predicted molar refractivity (Wildman–Crippen MR) is 78.6 cm³/mol. The minimum atomic E-state index is -0.502. The largest absolute Gasteiger partial charge is 0.387 e. The van der Waals surface area contributed by atoms with Gasteiger partial charge in [0, 0.05) is 38.5 Å². The molecule has 1 saturated heterocycles. The van der Waals surface area contributed by atoms with Gasteiger partial charge in [0.05, 0.1) is 22.6 Å². The average molecular weight is 293 g/mol. The van der Waals surface area contributed by atoms with Gasteiger partial charge in [-0.2, -0.15) is 0 Å². The van der Waals surface area contributed by atoms with Crippen LogP contribution in [0.1, 0.15) is 23.7 Å². The fourth-order valence-corrected chi connectivity index (χ4v) is 2.61. The van der Waals surface area contributed by atoms with Crippen LogP contribution in [0.15, 0.2) is 18.2 Å². The molecular weight excluding hydrogens is 274 g/mol. The summed E-state index contributed by atoms with van der Waals surface area (Å²) in [6.45, 7) is 2.55. The van der Waals surface area contributed by atoms with Gasteiger partial charge in [0.25, 0.3) is 11.6 Å². The summed E-state index contributed by atoms with van der Waals surface area (Å²) in [5.41, 5.74) is 0.777. The van der Waals surface area contributed by atoms with Crippen LogP contribution in [0, 0.1) is 10.1 Å². The Morgan fingerprint density at radius 1 is 1.52 bits per heavy atom. The number of hydrogen-bond donors (Lipinski definition) is 1. The number of amides is 1. The van der Waals surface area contributed by atoms with Gasteiger partial charge in [-0.3, -0.25) is 14.9 Å². The van der Waals surface area contributed by atoms with Crippen LogP contribution in [0.4, 0.5) is 11.4 Å². The maximum atomic E-state index is 12.6. The topological polar surface area (TPSA) is 84.7 Å². The Hall–Kier alpha value is -2.15. The van der Waals surface area contributed by atoms with Crippen LogP contribution >= 0.6 is 0 Å². The summed E-state index contributed by atoms with van der Waals surface area (Å²) in [7, 11) is 3.38. The zero-order valence-corrected chi connectivity index (χ0v) is 12.3. The van der Waals surface area contributed by atoms with Crippen molar-refractivity contribution in [1.29, 1.82) is 0 Å². The summed E-state index contributed by atoms with van der Waals surface area (Å²) >= 11 is 0. The van der Waals surface area contributed by atoms with Gasteiger partial charge in [0.1, 0.15) is 0 Å². The molecule has 1 aromatic carbocycles. The molecule has 0 spiro atoms. The lowest BCUT2D eigenvalue weighted by Crippen LogP contribution is -2.41. The van der Waals surface area contributed by atoms with Crippen molar-refractivity contribution in [3.8, 4) is 0 Å². The van der Waals surface area contributed by atoms with E-state index in [4.69, 9.17) is 4.74 Å². The normalized spacial score (nSPS) is 21.1. The molecule has 1 aromatic rings. The Morgan fingerprint density at radius 3 is 2.76 bits per heavy atom. The highest BCUT2D eigenvalue weighted by Gasteiger charge is 2.32. The summed E-state index contributed by atoms with van der Waals surface area (Å²) in [6.07, 6.45) is 0.739. The van der Waals surface area contributed by atoms with Crippen LogP contribution in [-0.2, 0) is 4.74 Å². The van der Waals surface area contributed by atoms with Gasteiger partial charge in [-0.1, -0.05) is 0 Å². The second-order valence-corrected chi connectivity index (χ2v) is 5.08. The molecule has 7 nitrogen and oxygen atoms in total. The van der Waals surface area contributed by atoms with Gasteiger partial charge in [0.2, 0.25) is 0 Å². The molecule has 1 fully saturated rings. The van der Waals surface area contributed by atoms with Crippen molar-refractivity contribution in [3.63, 3.8) is 0 Å². The first kappa shape index (κ1) is 15.2. The number of carbonyl (C=O) groups excluding carboxylic acids is 1. The third kappa shape index (κ3) is 2.97. The molecule has 0 radical (unpaired) electrons. The van der Waals surface area contributed by atoms with E-state index in [2.05, 4.69) is 5.32 Å². The number of nitrogens with one attached hydrogen (secondary N) is 1. The van der Waals surface area contributed by atoms with Crippen LogP contribution < -0.4 is 5.32 Å². The first-order valence-corrected chi connectivity index (χ1v) is 6.80. The summed E-state index contributed by atoms with van der Waals surface area (Å²) in [5.74, 6) is -0.245. The lowest BCUT2D eigenvalue weighted by Gasteiger charge is -2.27. The average Bonchev–Trinajstić information content (AvgIpc) is 2.91. The molecule has 1 aliphatic heterocycles. The predicted octanol–water partition coefficient (Wildman–Crippen LogP) is 1.89. The van der Waals surface area contributed by atoms with Crippen LogP contribution in [0.5, 0.6) is 0 Å². The van der Waals surface area contributed by atoms with E-state index in [9.17, 15) is 14.9 Å². The van der Waals surface area contributed by atoms with Gasteiger partial charge in [-0.25, -0.2) is 0 Å². The molecule has 21 heavy (non-hydrogen) atoms. The number of benzene rings is 1. The van der Waals surface area contributed by atoms with Crippen molar-refractivity contribution < 1.29 is 14.5 Å². The summed E-state index contributed by atoms with van der Waals surface area (Å²) < 4.78 is 5.47. The Labute approximate surface area is 123 Å². The first-order valence-electron chi connectivity index (χ1n) is 6.80. The van der Waals surface area contributed by atoms with Gasteiger partial charge < -0.3 is 15.0 Å². The quantitative estimate of drug-likeness (QED) is 0.677. The fraction of sp³-hybridized carbons (Fsp3) is 0.500. The molecular formula is C14H19N3O4. The number of hydrogen-bond acceptors (Lipinski definition) is 5. The van der Waals surface area contributed by atoms with Crippen LogP contribution in [-0.4, -0.2) is 48.6 Å². The van der Waals surface area contributed by atoms with Gasteiger partial charge >= 0.3 is 0 Å². The van der Waals surface area contributed by atoms with Crippen LogP contribution in [0.2, 0.25) is 0 Å². The van der Waals surface area contributed by atoms with E-state index in [1.165, 1.54) is 12.1 Å². The van der Waals surface area contributed by atoms with Crippen molar-refractivity contribution >= 4 is 17.3 Å². The molecule has 2 unspecified atom stereocenters. The van der Waals surface area contributed by atoms with Gasteiger partial charge in [0.15, 0.2) is 0 Å². The van der Waals surface area contributed by atoms with Crippen molar-refractivity contribution in [2.75, 3.05) is 26.0 Å². The number of rotatable bonds is 4. The lowest BCUT2D eigenvalue weighted by molar-refractivity contribution is -0.384. The molecule has 0 bridgehead atoms. The molecule has 2 atom stereocenters. The molecule has 1 N–H and O–H groups in total. The SMILES string of the molecule is CNc1ccc([N+](=O)[O-])cc1C(=O)N(C)C1CCOC1C. The molecule has 2 rings (SSSR count). The van der Waals surface area contributed by atoms with Crippen molar-refractivity contribution in [2.45, 2.75) is 25.5 Å². The third-order valence-electron chi connectivity index (χ3n) is 3.87. The summed E-state index contributed by atoms with van der Waals surface area (Å²) in [6, 6.07) is 4.23. The first-order chi connectivity index (χ1) is 9.95. The van der Waals surface area contributed by atoms with E-state index in [-0.39, 0.29) is 23.7 Å².